The minimum Gasteiger partial charge on any atom is -0.338 e. The van der Waals surface area contributed by atoms with Gasteiger partial charge in [-0.25, -0.2) is 0 Å². The molecule has 1 fully saturated rings. The van der Waals surface area contributed by atoms with Crippen LogP contribution in [0, 0.1) is 0 Å². The molecule has 0 aliphatic carbocycles. The summed E-state index contributed by atoms with van der Waals surface area (Å²) in [5.74, 6) is 0.435. The van der Waals surface area contributed by atoms with E-state index in [9.17, 15) is 18.0 Å². The summed E-state index contributed by atoms with van der Waals surface area (Å²) in [5.41, 5.74) is 0.531. The standard InChI is InChI=1S/C19H18F3NOS/c20-19(21,22)16-8-4-7-15(13-16)18(24)23-10-9-17(25-12-11-23)14-5-2-1-3-6-14/h1-8,13,17H,9-12H2/t17-/m0/s1. The lowest BCUT2D eigenvalue weighted by molar-refractivity contribution is -0.137. The molecule has 1 amide bonds. The fraction of sp³-hybridized carbons (Fsp3) is 0.316. The Labute approximate surface area is 149 Å². The molecule has 2 nitrogen and oxygen atoms in total. The van der Waals surface area contributed by atoms with Crippen LogP contribution in [0.1, 0.15) is 33.2 Å². The van der Waals surface area contributed by atoms with E-state index in [0.29, 0.717) is 18.3 Å². The maximum atomic E-state index is 12.8. The van der Waals surface area contributed by atoms with E-state index in [1.165, 1.54) is 17.7 Å². The van der Waals surface area contributed by atoms with Crippen molar-refractivity contribution in [1.82, 2.24) is 4.90 Å². The summed E-state index contributed by atoms with van der Waals surface area (Å²) in [6, 6.07) is 14.8. The number of nitrogens with zero attached hydrogens (tertiary/aromatic N) is 1. The van der Waals surface area contributed by atoms with Crippen LogP contribution >= 0.6 is 11.8 Å². The van der Waals surface area contributed by atoms with Gasteiger partial charge in [0.2, 0.25) is 0 Å². The van der Waals surface area contributed by atoms with Gasteiger partial charge in [0.1, 0.15) is 0 Å². The molecule has 0 unspecified atom stereocenters. The second-order valence-corrected chi connectivity index (χ2v) is 7.24. The van der Waals surface area contributed by atoms with E-state index in [-0.39, 0.29) is 11.5 Å². The van der Waals surface area contributed by atoms with Gasteiger partial charge in [-0.05, 0) is 30.2 Å². The Morgan fingerprint density at radius 2 is 1.80 bits per heavy atom. The van der Waals surface area contributed by atoms with Crippen molar-refractivity contribution in [3.8, 4) is 0 Å². The van der Waals surface area contributed by atoms with E-state index in [2.05, 4.69) is 12.1 Å². The molecule has 0 N–H and O–H groups in total. The topological polar surface area (TPSA) is 20.3 Å². The molecule has 1 heterocycles. The molecule has 2 aromatic rings. The van der Waals surface area contributed by atoms with Crippen molar-refractivity contribution in [1.29, 1.82) is 0 Å². The zero-order chi connectivity index (χ0) is 17.9. The number of thioether (sulfide) groups is 1. The predicted molar refractivity (Wildman–Crippen MR) is 93.6 cm³/mol. The van der Waals surface area contributed by atoms with E-state index in [1.54, 1.807) is 16.7 Å². The molecular weight excluding hydrogens is 347 g/mol. The monoisotopic (exact) mass is 365 g/mol. The van der Waals surface area contributed by atoms with Crippen LogP contribution in [-0.4, -0.2) is 29.6 Å². The van der Waals surface area contributed by atoms with Crippen molar-refractivity contribution in [3.63, 3.8) is 0 Å². The van der Waals surface area contributed by atoms with Gasteiger partial charge >= 0.3 is 6.18 Å². The number of hydrogen-bond donors (Lipinski definition) is 0. The van der Waals surface area contributed by atoms with E-state index in [4.69, 9.17) is 0 Å². The molecule has 1 saturated heterocycles. The summed E-state index contributed by atoms with van der Waals surface area (Å²) in [7, 11) is 0. The zero-order valence-electron chi connectivity index (χ0n) is 13.5. The third kappa shape index (κ3) is 4.37. The maximum absolute atomic E-state index is 12.8. The first kappa shape index (κ1) is 17.9. The fourth-order valence-corrected chi connectivity index (χ4v) is 4.15. The maximum Gasteiger partial charge on any atom is 0.416 e. The van der Waals surface area contributed by atoms with Gasteiger partial charge in [-0.1, -0.05) is 36.4 Å². The van der Waals surface area contributed by atoms with E-state index < -0.39 is 11.7 Å². The van der Waals surface area contributed by atoms with Crippen LogP contribution in [0.3, 0.4) is 0 Å². The quantitative estimate of drug-likeness (QED) is 0.744. The molecule has 132 valence electrons. The minimum absolute atomic E-state index is 0.0954. The number of hydrogen-bond acceptors (Lipinski definition) is 2. The van der Waals surface area contributed by atoms with Crippen molar-refractivity contribution in [2.45, 2.75) is 17.8 Å². The van der Waals surface area contributed by atoms with E-state index >= 15 is 0 Å². The zero-order valence-corrected chi connectivity index (χ0v) is 14.3. The van der Waals surface area contributed by atoms with Crippen LogP contribution in [0.4, 0.5) is 13.2 Å². The van der Waals surface area contributed by atoms with Crippen molar-refractivity contribution in [2.24, 2.45) is 0 Å². The molecule has 1 atom stereocenters. The van der Waals surface area contributed by atoms with Crippen LogP contribution in [-0.2, 0) is 6.18 Å². The molecule has 1 aliphatic rings. The Kier molecular flexibility index (Phi) is 5.37. The van der Waals surface area contributed by atoms with Gasteiger partial charge in [-0.2, -0.15) is 24.9 Å². The number of amides is 1. The third-order valence-electron chi connectivity index (χ3n) is 4.24. The molecule has 1 aliphatic heterocycles. The van der Waals surface area contributed by atoms with Crippen molar-refractivity contribution in [2.75, 3.05) is 18.8 Å². The molecule has 0 saturated carbocycles. The summed E-state index contributed by atoms with van der Waals surface area (Å²) in [4.78, 5) is 14.3. The summed E-state index contributed by atoms with van der Waals surface area (Å²) >= 11 is 1.79. The van der Waals surface area contributed by atoms with Gasteiger partial charge in [0.05, 0.1) is 5.56 Å². The SMILES string of the molecule is O=C(c1cccc(C(F)(F)F)c1)N1CCS[C@H](c2ccccc2)CC1. The molecule has 0 bridgehead atoms. The molecule has 2 aromatic carbocycles. The number of carbonyl (C=O) groups excluding carboxylic acids is 1. The minimum atomic E-state index is -4.44. The first-order chi connectivity index (χ1) is 11.9. The first-order valence-electron chi connectivity index (χ1n) is 8.08. The van der Waals surface area contributed by atoms with Gasteiger partial charge in [0.15, 0.2) is 0 Å². The number of benzene rings is 2. The molecule has 6 heteroatoms. The van der Waals surface area contributed by atoms with Gasteiger partial charge in [0.25, 0.3) is 5.91 Å². The van der Waals surface area contributed by atoms with Crippen LogP contribution in [0.25, 0.3) is 0 Å². The number of rotatable bonds is 2. The molecule has 0 radical (unpaired) electrons. The van der Waals surface area contributed by atoms with Crippen molar-refractivity contribution < 1.29 is 18.0 Å². The highest BCUT2D eigenvalue weighted by molar-refractivity contribution is 7.99. The lowest BCUT2D eigenvalue weighted by Gasteiger charge is -2.21. The number of carbonyl (C=O) groups is 1. The summed E-state index contributed by atoms with van der Waals surface area (Å²) in [6.45, 7) is 1.09. The second-order valence-electron chi connectivity index (χ2n) is 5.93. The second kappa shape index (κ2) is 7.52. The van der Waals surface area contributed by atoms with Crippen LogP contribution in [0.5, 0.6) is 0 Å². The molecule has 0 spiro atoms. The number of alkyl halides is 3. The highest BCUT2D eigenvalue weighted by Gasteiger charge is 2.31. The molecular formula is C19H18F3NOS. The lowest BCUT2D eigenvalue weighted by atomic mass is 10.1. The highest BCUT2D eigenvalue weighted by Crippen LogP contribution is 2.35. The van der Waals surface area contributed by atoms with Crippen LogP contribution in [0.2, 0.25) is 0 Å². The summed E-state index contributed by atoms with van der Waals surface area (Å²) in [5, 5.41) is 0.306. The van der Waals surface area contributed by atoms with Gasteiger partial charge in [-0.15, -0.1) is 0 Å². The molecule has 25 heavy (non-hydrogen) atoms. The average Bonchev–Trinajstić information content (AvgIpc) is 2.87. The van der Waals surface area contributed by atoms with Gasteiger partial charge < -0.3 is 4.90 Å². The van der Waals surface area contributed by atoms with Crippen LogP contribution < -0.4 is 0 Å². The molecule has 3 rings (SSSR count). The van der Waals surface area contributed by atoms with Gasteiger partial charge in [0, 0.05) is 29.7 Å². The van der Waals surface area contributed by atoms with Crippen LogP contribution in [0.15, 0.2) is 54.6 Å². The Bertz CT molecular complexity index is 733. The average molecular weight is 365 g/mol. The smallest absolute Gasteiger partial charge is 0.338 e. The highest BCUT2D eigenvalue weighted by atomic mass is 32.2. The predicted octanol–water partition coefficient (Wildman–Crippen LogP) is 5.03. The number of halogens is 3. The molecule has 0 aromatic heterocycles. The van der Waals surface area contributed by atoms with Crippen molar-refractivity contribution in [3.05, 3.63) is 71.3 Å². The largest absolute Gasteiger partial charge is 0.416 e. The third-order valence-corrected chi connectivity index (χ3v) is 5.57. The normalized spacial score (nSPS) is 18.7. The summed E-state index contributed by atoms with van der Waals surface area (Å²) < 4.78 is 38.5. The fourth-order valence-electron chi connectivity index (χ4n) is 2.92. The Balaban J connectivity index is 1.71. The first-order valence-corrected chi connectivity index (χ1v) is 9.13. The summed E-state index contributed by atoms with van der Waals surface area (Å²) in [6.07, 6.45) is -3.65. The van der Waals surface area contributed by atoms with E-state index in [0.717, 1.165) is 24.3 Å². The lowest BCUT2D eigenvalue weighted by Crippen LogP contribution is -2.33. The van der Waals surface area contributed by atoms with Crippen molar-refractivity contribution >= 4 is 17.7 Å². The Morgan fingerprint density at radius 1 is 1.04 bits per heavy atom. The Morgan fingerprint density at radius 3 is 2.52 bits per heavy atom. The Hall–Kier alpha value is -1.95. The van der Waals surface area contributed by atoms with E-state index in [1.807, 2.05) is 18.2 Å². The van der Waals surface area contributed by atoms with Gasteiger partial charge in [-0.3, -0.25) is 4.79 Å².